The maximum absolute atomic E-state index is 9.38. The molecule has 0 radical (unpaired) electrons. The third kappa shape index (κ3) is 3.41. The molecule has 0 spiro atoms. The van der Waals surface area contributed by atoms with E-state index in [-0.39, 0.29) is 18.7 Å². The van der Waals surface area contributed by atoms with Crippen molar-refractivity contribution in [3.63, 3.8) is 0 Å². The molecule has 3 atom stereocenters. The number of halogens is 2. The lowest BCUT2D eigenvalue weighted by Crippen LogP contribution is -2.40. The molecular weight excluding hydrogens is 283 g/mol. The van der Waals surface area contributed by atoms with Gasteiger partial charge >= 0.3 is 0 Å². The maximum Gasteiger partial charge on any atom is 0.0476 e. The number of aliphatic hydroxyl groups is 1. The van der Waals surface area contributed by atoms with Gasteiger partial charge in [0.25, 0.3) is 0 Å². The monoisotopic (exact) mass is 302 g/mol. The van der Waals surface area contributed by atoms with E-state index >= 15 is 0 Å². The maximum atomic E-state index is 9.38. The van der Waals surface area contributed by atoms with Gasteiger partial charge < -0.3 is 16.2 Å². The van der Waals surface area contributed by atoms with E-state index in [9.17, 15) is 5.11 Å². The van der Waals surface area contributed by atoms with Crippen LogP contribution >= 0.6 is 23.2 Å². The molecule has 0 saturated heterocycles. The van der Waals surface area contributed by atoms with Gasteiger partial charge in [-0.05, 0) is 30.9 Å². The van der Waals surface area contributed by atoms with Gasteiger partial charge in [0.2, 0.25) is 0 Å². The standard InChI is InChI=1S/C14H20Cl2N2O/c15-10-4-2-5-11(16)14(10)13(7-17)18-12-6-1-3-9(12)8-19/h2,4-5,9,12-13,18-19H,1,3,6-8,17H2. The molecule has 0 aromatic heterocycles. The number of rotatable bonds is 5. The summed E-state index contributed by atoms with van der Waals surface area (Å²) in [6.07, 6.45) is 3.25. The van der Waals surface area contributed by atoms with Crippen LogP contribution in [-0.4, -0.2) is 24.3 Å². The Morgan fingerprint density at radius 3 is 2.58 bits per heavy atom. The minimum absolute atomic E-state index is 0.0710. The Bertz CT molecular complexity index is 408. The van der Waals surface area contributed by atoms with Gasteiger partial charge in [0.1, 0.15) is 0 Å². The van der Waals surface area contributed by atoms with Gasteiger partial charge in [0.05, 0.1) is 0 Å². The highest BCUT2D eigenvalue weighted by Crippen LogP contribution is 2.33. The van der Waals surface area contributed by atoms with Crippen LogP contribution in [0.4, 0.5) is 0 Å². The summed E-state index contributed by atoms with van der Waals surface area (Å²) in [4.78, 5) is 0. The van der Waals surface area contributed by atoms with Crippen molar-refractivity contribution in [3.05, 3.63) is 33.8 Å². The largest absolute Gasteiger partial charge is 0.396 e. The fraction of sp³-hybridized carbons (Fsp3) is 0.571. The van der Waals surface area contributed by atoms with Crippen LogP contribution < -0.4 is 11.1 Å². The molecule has 5 heteroatoms. The number of hydrogen-bond acceptors (Lipinski definition) is 3. The summed E-state index contributed by atoms with van der Waals surface area (Å²) in [6, 6.07) is 5.69. The first kappa shape index (κ1) is 15.1. The highest BCUT2D eigenvalue weighted by Gasteiger charge is 2.29. The average Bonchev–Trinajstić information content (AvgIpc) is 2.84. The second-order valence-corrected chi connectivity index (χ2v) is 5.88. The van der Waals surface area contributed by atoms with Gasteiger partial charge in [-0.15, -0.1) is 0 Å². The second kappa shape index (κ2) is 6.91. The molecule has 106 valence electrons. The molecule has 0 aliphatic heterocycles. The normalized spacial score (nSPS) is 24.6. The number of hydrogen-bond donors (Lipinski definition) is 3. The average molecular weight is 303 g/mol. The molecule has 0 bridgehead atoms. The van der Waals surface area contributed by atoms with Crippen molar-refractivity contribution in [3.8, 4) is 0 Å². The second-order valence-electron chi connectivity index (χ2n) is 5.07. The van der Waals surface area contributed by atoms with Crippen LogP contribution in [0.1, 0.15) is 30.9 Å². The summed E-state index contributed by atoms with van der Waals surface area (Å²) in [7, 11) is 0. The van der Waals surface area contributed by atoms with Crippen molar-refractivity contribution in [1.82, 2.24) is 5.32 Å². The third-order valence-electron chi connectivity index (χ3n) is 3.89. The number of nitrogens with two attached hydrogens (primary N) is 1. The molecule has 3 nitrogen and oxygen atoms in total. The lowest BCUT2D eigenvalue weighted by atomic mass is 10.0. The molecule has 2 rings (SSSR count). The van der Waals surface area contributed by atoms with Crippen molar-refractivity contribution in [2.75, 3.05) is 13.2 Å². The van der Waals surface area contributed by atoms with Crippen molar-refractivity contribution in [2.24, 2.45) is 11.7 Å². The molecular formula is C14H20Cl2N2O. The van der Waals surface area contributed by atoms with Gasteiger partial charge in [-0.1, -0.05) is 35.7 Å². The van der Waals surface area contributed by atoms with E-state index < -0.39 is 0 Å². The van der Waals surface area contributed by atoms with Crippen LogP contribution in [0.3, 0.4) is 0 Å². The molecule has 0 heterocycles. The third-order valence-corrected chi connectivity index (χ3v) is 4.55. The Kier molecular flexibility index (Phi) is 5.48. The predicted molar refractivity (Wildman–Crippen MR) is 79.6 cm³/mol. The van der Waals surface area contributed by atoms with Crippen LogP contribution in [-0.2, 0) is 0 Å². The Labute approximate surface area is 124 Å². The summed E-state index contributed by atoms with van der Waals surface area (Å²) >= 11 is 12.5. The summed E-state index contributed by atoms with van der Waals surface area (Å²) in [6.45, 7) is 0.642. The predicted octanol–water partition coefficient (Wildman–Crippen LogP) is 2.74. The van der Waals surface area contributed by atoms with E-state index in [1.165, 1.54) is 0 Å². The Hall–Kier alpha value is -0.320. The van der Waals surface area contributed by atoms with Crippen LogP contribution in [0.5, 0.6) is 0 Å². The number of benzene rings is 1. The molecule has 1 aromatic rings. The van der Waals surface area contributed by atoms with Crippen molar-refractivity contribution >= 4 is 23.2 Å². The first-order valence-corrected chi connectivity index (χ1v) is 7.43. The van der Waals surface area contributed by atoms with Gasteiger partial charge in [-0.25, -0.2) is 0 Å². The van der Waals surface area contributed by atoms with E-state index in [1.807, 2.05) is 18.2 Å². The first-order valence-electron chi connectivity index (χ1n) is 6.68. The van der Waals surface area contributed by atoms with Crippen molar-refractivity contribution < 1.29 is 5.11 Å². The summed E-state index contributed by atoms with van der Waals surface area (Å²) in [5, 5.41) is 14.2. The molecule has 1 aliphatic rings. The number of aliphatic hydroxyl groups excluding tert-OH is 1. The lowest BCUT2D eigenvalue weighted by molar-refractivity contribution is 0.200. The summed E-state index contributed by atoms with van der Waals surface area (Å²) in [5.41, 5.74) is 6.72. The Balaban J connectivity index is 2.16. The van der Waals surface area contributed by atoms with Crippen molar-refractivity contribution in [1.29, 1.82) is 0 Å². The molecule has 3 unspecified atom stereocenters. The van der Waals surface area contributed by atoms with E-state index in [4.69, 9.17) is 28.9 Å². The molecule has 19 heavy (non-hydrogen) atoms. The number of nitrogens with one attached hydrogen (secondary N) is 1. The van der Waals surface area contributed by atoms with Gasteiger partial charge in [-0.3, -0.25) is 0 Å². The summed E-state index contributed by atoms with van der Waals surface area (Å²) < 4.78 is 0. The van der Waals surface area contributed by atoms with E-state index in [2.05, 4.69) is 5.32 Å². The van der Waals surface area contributed by atoms with Crippen LogP contribution in [0.15, 0.2) is 18.2 Å². The fourth-order valence-electron chi connectivity index (χ4n) is 2.85. The van der Waals surface area contributed by atoms with Crippen LogP contribution in [0.2, 0.25) is 10.0 Å². The molecule has 1 saturated carbocycles. The topological polar surface area (TPSA) is 58.3 Å². The Morgan fingerprint density at radius 2 is 2.00 bits per heavy atom. The van der Waals surface area contributed by atoms with E-state index in [1.54, 1.807) is 0 Å². The smallest absolute Gasteiger partial charge is 0.0476 e. The molecule has 0 amide bonds. The zero-order valence-corrected chi connectivity index (χ0v) is 12.3. The molecule has 4 N–H and O–H groups in total. The van der Waals surface area contributed by atoms with E-state index in [0.29, 0.717) is 22.5 Å². The van der Waals surface area contributed by atoms with Crippen LogP contribution in [0.25, 0.3) is 0 Å². The Morgan fingerprint density at radius 1 is 1.32 bits per heavy atom. The molecule has 1 aliphatic carbocycles. The minimum Gasteiger partial charge on any atom is -0.396 e. The lowest BCUT2D eigenvalue weighted by Gasteiger charge is -2.27. The highest BCUT2D eigenvalue weighted by atomic mass is 35.5. The summed E-state index contributed by atoms with van der Waals surface area (Å²) in [5.74, 6) is 0.301. The van der Waals surface area contributed by atoms with Gasteiger partial charge in [-0.2, -0.15) is 0 Å². The minimum atomic E-state index is -0.0710. The quantitative estimate of drug-likeness (QED) is 0.784. The molecule has 1 aromatic carbocycles. The highest BCUT2D eigenvalue weighted by molar-refractivity contribution is 6.36. The fourth-order valence-corrected chi connectivity index (χ4v) is 3.51. The first-order chi connectivity index (χ1) is 9.17. The van der Waals surface area contributed by atoms with E-state index in [0.717, 1.165) is 24.8 Å². The van der Waals surface area contributed by atoms with Crippen molar-refractivity contribution in [2.45, 2.75) is 31.3 Å². The van der Waals surface area contributed by atoms with Gasteiger partial charge in [0, 0.05) is 40.8 Å². The SMILES string of the molecule is NCC(NC1CCCC1CO)c1c(Cl)cccc1Cl. The molecule has 1 fully saturated rings. The van der Waals surface area contributed by atoms with Gasteiger partial charge in [0.15, 0.2) is 0 Å². The zero-order valence-electron chi connectivity index (χ0n) is 10.8. The van der Waals surface area contributed by atoms with Crippen LogP contribution in [0, 0.1) is 5.92 Å². The zero-order chi connectivity index (χ0) is 13.8.